The summed E-state index contributed by atoms with van der Waals surface area (Å²) >= 11 is 0. The molecule has 3 N–H and O–H groups in total. The number of hydrogen-bond acceptors (Lipinski definition) is 5. The van der Waals surface area contributed by atoms with Crippen LogP contribution in [0.4, 0.5) is 5.82 Å². The van der Waals surface area contributed by atoms with Crippen LogP contribution in [0.3, 0.4) is 0 Å². The third-order valence-corrected chi connectivity index (χ3v) is 6.51. The van der Waals surface area contributed by atoms with E-state index in [1.54, 1.807) is 0 Å². The molecule has 2 fully saturated rings. The molecule has 1 aliphatic heterocycles. The summed E-state index contributed by atoms with van der Waals surface area (Å²) < 4.78 is 2.04. The number of fused-ring (bicyclic) bond motifs is 1. The Kier molecular flexibility index (Phi) is 4.92. The summed E-state index contributed by atoms with van der Waals surface area (Å²) in [6.07, 6.45) is 5.71. The van der Waals surface area contributed by atoms with Gasteiger partial charge >= 0.3 is 0 Å². The Bertz CT molecular complexity index is 1220. The first-order chi connectivity index (χ1) is 15.5. The number of likely N-dealkylation sites (tertiary alicyclic amines) is 1. The smallest absolute Gasteiger partial charge is 0.253 e. The summed E-state index contributed by atoms with van der Waals surface area (Å²) in [5.41, 5.74) is 10.7. The molecule has 0 unspecified atom stereocenters. The van der Waals surface area contributed by atoms with Crippen molar-refractivity contribution in [3.05, 3.63) is 54.5 Å². The number of benzene rings is 1. The molecule has 8 heteroatoms. The van der Waals surface area contributed by atoms with Crippen LogP contribution >= 0.6 is 0 Å². The van der Waals surface area contributed by atoms with Gasteiger partial charge in [-0.3, -0.25) is 9.59 Å². The minimum atomic E-state index is -0.179. The maximum absolute atomic E-state index is 12.8. The number of anilines is 1. The fourth-order valence-electron chi connectivity index (χ4n) is 4.80. The van der Waals surface area contributed by atoms with Crippen molar-refractivity contribution in [3.63, 3.8) is 0 Å². The quantitative estimate of drug-likeness (QED) is 0.605. The number of hydrogen-bond donors (Lipinski definition) is 2. The van der Waals surface area contributed by atoms with Gasteiger partial charge in [0.1, 0.15) is 17.8 Å². The van der Waals surface area contributed by atoms with Crippen molar-refractivity contribution in [1.29, 1.82) is 0 Å². The molecule has 5 rings (SSSR count). The van der Waals surface area contributed by atoms with Crippen molar-refractivity contribution in [2.75, 3.05) is 18.8 Å². The largest absolute Gasteiger partial charge is 0.383 e. The first-order valence-corrected chi connectivity index (χ1v) is 10.9. The lowest BCUT2D eigenvalue weighted by Crippen LogP contribution is -2.27. The summed E-state index contributed by atoms with van der Waals surface area (Å²) in [6.45, 7) is 5.18. The van der Waals surface area contributed by atoms with Crippen LogP contribution in [-0.4, -0.2) is 50.4 Å². The van der Waals surface area contributed by atoms with Crippen LogP contribution in [0.15, 0.2) is 43.2 Å². The Hall–Kier alpha value is -3.68. The second-order valence-electron chi connectivity index (χ2n) is 8.51. The van der Waals surface area contributed by atoms with Crippen LogP contribution in [-0.2, 0) is 11.8 Å². The molecule has 3 aromatic rings. The monoisotopic (exact) mass is 430 g/mol. The van der Waals surface area contributed by atoms with E-state index in [9.17, 15) is 9.59 Å². The van der Waals surface area contributed by atoms with Crippen LogP contribution in [0.5, 0.6) is 0 Å². The van der Waals surface area contributed by atoms with Crippen LogP contribution in [0.2, 0.25) is 0 Å². The molecule has 1 saturated heterocycles. The van der Waals surface area contributed by atoms with E-state index < -0.39 is 0 Å². The topological polar surface area (TPSA) is 106 Å². The van der Waals surface area contributed by atoms with E-state index in [1.807, 2.05) is 40.8 Å². The number of aryl methyl sites for hydroxylation is 1. The van der Waals surface area contributed by atoms with E-state index in [1.165, 1.54) is 12.4 Å². The van der Waals surface area contributed by atoms with Gasteiger partial charge in [-0.15, -0.1) is 0 Å². The first kappa shape index (κ1) is 20.2. The highest BCUT2D eigenvalue weighted by atomic mass is 16.2. The Morgan fingerprint density at radius 2 is 1.91 bits per heavy atom. The predicted molar refractivity (Wildman–Crippen MR) is 123 cm³/mol. The number of rotatable bonds is 5. The normalized spacial score (nSPS) is 19.8. The van der Waals surface area contributed by atoms with Crippen molar-refractivity contribution in [1.82, 2.24) is 24.8 Å². The lowest BCUT2D eigenvalue weighted by atomic mass is 9.99. The molecule has 8 nitrogen and oxygen atoms in total. The highest BCUT2D eigenvalue weighted by molar-refractivity contribution is 6.03. The van der Waals surface area contributed by atoms with Gasteiger partial charge in [0.15, 0.2) is 0 Å². The SMILES string of the molecule is C=CC(=O)N[C@@H]1C[C@H]1c1c(-c2ccc(C(=O)N3CCCC3)cc2)c2c(N)ncnc2n1C. The lowest BCUT2D eigenvalue weighted by molar-refractivity contribution is -0.116. The average Bonchev–Trinajstić information content (AvgIpc) is 3.21. The maximum atomic E-state index is 12.8. The molecule has 2 amide bonds. The van der Waals surface area contributed by atoms with Gasteiger partial charge in [-0.1, -0.05) is 18.7 Å². The average molecular weight is 431 g/mol. The van der Waals surface area contributed by atoms with E-state index in [4.69, 9.17) is 5.73 Å². The standard InChI is InChI=1S/C24H26N6O2/c1-3-18(31)28-17-12-16(17)21-19(20-22(25)26-13-27-23(20)29(21)2)14-6-8-15(9-7-14)24(32)30-10-4-5-11-30/h3,6-9,13,16-17H,1,4-5,10-12H2,2H3,(H,28,31)(H2,25,26,27)/t16-,17-/m1/s1. The Balaban J connectivity index is 1.56. The number of nitrogens with one attached hydrogen (secondary N) is 1. The number of aromatic nitrogens is 3. The van der Waals surface area contributed by atoms with Gasteiger partial charge in [0.05, 0.1) is 5.39 Å². The van der Waals surface area contributed by atoms with E-state index in [-0.39, 0.29) is 23.8 Å². The summed E-state index contributed by atoms with van der Waals surface area (Å²) in [4.78, 5) is 35.1. The van der Waals surface area contributed by atoms with Crippen LogP contribution < -0.4 is 11.1 Å². The summed E-state index contributed by atoms with van der Waals surface area (Å²) in [5.74, 6) is 0.445. The fraction of sp³-hybridized carbons (Fsp3) is 0.333. The molecule has 0 spiro atoms. The van der Waals surface area contributed by atoms with Gasteiger partial charge in [0.25, 0.3) is 5.91 Å². The van der Waals surface area contributed by atoms with Crippen molar-refractivity contribution in [2.45, 2.75) is 31.2 Å². The number of nitrogens with zero attached hydrogens (tertiary/aromatic N) is 4. The second-order valence-corrected chi connectivity index (χ2v) is 8.51. The molecule has 2 atom stereocenters. The van der Waals surface area contributed by atoms with Crippen molar-refractivity contribution in [2.24, 2.45) is 7.05 Å². The van der Waals surface area contributed by atoms with Gasteiger partial charge in [-0.25, -0.2) is 9.97 Å². The number of amides is 2. The van der Waals surface area contributed by atoms with Gasteiger partial charge < -0.3 is 20.5 Å². The zero-order chi connectivity index (χ0) is 22.4. The first-order valence-electron chi connectivity index (χ1n) is 10.9. The van der Waals surface area contributed by atoms with Gasteiger partial charge in [0.2, 0.25) is 5.91 Å². The molecule has 164 valence electrons. The summed E-state index contributed by atoms with van der Waals surface area (Å²) in [5, 5.41) is 3.78. The molecule has 2 aliphatic rings. The molecule has 0 bridgehead atoms. The highest BCUT2D eigenvalue weighted by Gasteiger charge is 2.43. The number of nitrogen functional groups attached to an aromatic ring is 1. The Labute approximate surface area is 186 Å². The minimum Gasteiger partial charge on any atom is -0.383 e. The molecule has 3 heterocycles. The van der Waals surface area contributed by atoms with Crippen molar-refractivity contribution < 1.29 is 9.59 Å². The van der Waals surface area contributed by atoms with E-state index >= 15 is 0 Å². The van der Waals surface area contributed by atoms with Crippen LogP contribution in [0.25, 0.3) is 22.2 Å². The Morgan fingerprint density at radius 3 is 2.59 bits per heavy atom. The summed E-state index contributed by atoms with van der Waals surface area (Å²) in [6, 6.07) is 7.72. The Morgan fingerprint density at radius 1 is 1.19 bits per heavy atom. The zero-order valence-corrected chi connectivity index (χ0v) is 18.0. The predicted octanol–water partition coefficient (Wildman–Crippen LogP) is 2.61. The molecular weight excluding hydrogens is 404 g/mol. The minimum absolute atomic E-state index is 0.0347. The van der Waals surface area contributed by atoms with Crippen LogP contribution in [0, 0.1) is 0 Å². The highest BCUT2D eigenvalue weighted by Crippen LogP contribution is 2.48. The molecule has 2 aromatic heterocycles. The molecule has 1 aromatic carbocycles. The van der Waals surface area contributed by atoms with Crippen molar-refractivity contribution >= 4 is 28.7 Å². The maximum Gasteiger partial charge on any atom is 0.253 e. The zero-order valence-electron chi connectivity index (χ0n) is 18.0. The third-order valence-electron chi connectivity index (χ3n) is 6.51. The second kappa shape index (κ2) is 7.78. The molecule has 32 heavy (non-hydrogen) atoms. The van der Waals surface area contributed by atoms with Gasteiger partial charge in [-0.2, -0.15) is 0 Å². The lowest BCUT2D eigenvalue weighted by Gasteiger charge is -2.15. The van der Waals surface area contributed by atoms with E-state index in [2.05, 4.69) is 21.9 Å². The third kappa shape index (κ3) is 3.32. The van der Waals surface area contributed by atoms with E-state index in [0.717, 1.165) is 60.2 Å². The van der Waals surface area contributed by atoms with Gasteiger partial charge in [0, 0.05) is 48.9 Å². The van der Waals surface area contributed by atoms with Gasteiger partial charge in [-0.05, 0) is 43.0 Å². The number of nitrogens with two attached hydrogens (primary N) is 1. The fourth-order valence-corrected chi connectivity index (χ4v) is 4.80. The molecular formula is C24H26N6O2. The van der Waals surface area contributed by atoms with E-state index in [0.29, 0.717) is 11.4 Å². The molecule has 1 saturated carbocycles. The number of carbonyl (C=O) groups is 2. The number of carbonyl (C=O) groups excluding carboxylic acids is 2. The molecule has 1 aliphatic carbocycles. The van der Waals surface area contributed by atoms with Crippen LogP contribution in [0.1, 0.15) is 41.2 Å². The molecule has 0 radical (unpaired) electrons. The van der Waals surface area contributed by atoms with Crippen molar-refractivity contribution in [3.8, 4) is 11.1 Å². The summed E-state index contributed by atoms with van der Waals surface area (Å²) in [7, 11) is 1.96.